The number of ether oxygens (including phenoxy) is 1. The van der Waals surface area contributed by atoms with Gasteiger partial charge in [-0.1, -0.05) is 22.4 Å². The highest BCUT2D eigenvalue weighted by Crippen LogP contribution is 2.26. The molecule has 1 N–H and O–H groups in total. The molecule has 9 nitrogen and oxygen atoms in total. The van der Waals surface area contributed by atoms with Crippen LogP contribution in [0.4, 0.5) is 4.39 Å². The predicted molar refractivity (Wildman–Crippen MR) is 102 cm³/mol. The highest BCUT2D eigenvalue weighted by molar-refractivity contribution is 6.30. The molecule has 11 heteroatoms. The number of aryl methyl sites for hydroxylation is 1. The summed E-state index contributed by atoms with van der Waals surface area (Å²) in [7, 11) is 1.46. The number of hydrogen-bond donors (Lipinski definition) is 1. The molecule has 2 unspecified atom stereocenters. The first-order chi connectivity index (χ1) is 14.0. The van der Waals surface area contributed by atoms with Gasteiger partial charge in [-0.05, 0) is 17.7 Å². The van der Waals surface area contributed by atoms with Crippen molar-refractivity contribution in [1.82, 2.24) is 24.6 Å². The van der Waals surface area contributed by atoms with E-state index in [1.807, 2.05) is 0 Å². The second-order valence-electron chi connectivity index (χ2n) is 6.48. The maximum atomic E-state index is 14.0. The van der Waals surface area contributed by atoms with E-state index in [0.29, 0.717) is 23.4 Å². The number of nitrogens with zero attached hydrogens (tertiary/aromatic N) is 4. The molecule has 1 fully saturated rings. The predicted octanol–water partition coefficient (Wildman–Crippen LogP) is 0.441. The maximum Gasteiger partial charge on any atom is 0.366 e. The van der Waals surface area contributed by atoms with Gasteiger partial charge >= 0.3 is 11.2 Å². The zero-order chi connectivity index (χ0) is 20.5. The minimum Gasteiger partial charge on any atom is -0.398 e. The number of aromatic nitrogens is 4. The van der Waals surface area contributed by atoms with E-state index < -0.39 is 29.3 Å². The molecule has 1 aliphatic rings. The third-order valence-electron chi connectivity index (χ3n) is 4.62. The summed E-state index contributed by atoms with van der Waals surface area (Å²) in [5.74, 6) is -0.599. The van der Waals surface area contributed by atoms with Crippen molar-refractivity contribution < 1.29 is 14.0 Å². The van der Waals surface area contributed by atoms with E-state index in [4.69, 9.17) is 21.2 Å². The first-order valence-corrected chi connectivity index (χ1v) is 9.22. The Balaban J connectivity index is 1.77. The smallest absolute Gasteiger partial charge is 0.366 e. The molecule has 3 aromatic rings. The fraction of sp³-hybridized carbons (Fsp3) is 0.333. The third-order valence-corrected chi connectivity index (χ3v) is 4.92. The van der Waals surface area contributed by atoms with E-state index >= 15 is 0 Å². The first-order valence-electron chi connectivity index (χ1n) is 8.84. The lowest BCUT2D eigenvalue weighted by atomic mass is 10.0. The molecule has 152 valence electrons. The van der Waals surface area contributed by atoms with Crippen LogP contribution < -0.4 is 21.4 Å². The lowest BCUT2D eigenvalue weighted by Crippen LogP contribution is -2.49. The maximum absolute atomic E-state index is 14.0. The van der Waals surface area contributed by atoms with E-state index in [1.54, 1.807) is 6.07 Å². The van der Waals surface area contributed by atoms with E-state index in [0.717, 1.165) is 0 Å². The molecule has 0 radical (unpaired) electrons. The highest BCUT2D eigenvalue weighted by atomic mass is 35.5. The SMILES string of the molecule is Cn1c(=O)n(OC2CNCCOC2c2ccc(Cl)c(F)c2)c(=O)c2nccnc21. The van der Waals surface area contributed by atoms with Crippen molar-refractivity contribution in [3.05, 3.63) is 67.8 Å². The molecule has 4 rings (SSSR count). The molecule has 1 aromatic carbocycles. The number of benzene rings is 1. The topological polar surface area (TPSA) is 100 Å². The summed E-state index contributed by atoms with van der Waals surface area (Å²) in [6, 6.07) is 4.29. The van der Waals surface area contributed by atoms with Crippen molar-refractivity contribution in [2.24, 2.45) is 7.05 Å². The number of rotatable bonds is 3. The van der Waals surface area contributed by atoms with Gasteiger partial charge in [0, 0.05) is 32.5 Å². The van der Waals surface area contributed by atoms with Crippen LogP contribution in [0, 0.1) is 5.82 Å². The average molecular weight is 422 g/mol. The normalized spacial score (nSPS) is 19.8. The zero-order valence-corrected chi connectivity index (χ0v) is 16.1. The molecule has 0 aliphatic carbocycles. The van der Waals surface area contributed by atoms with Crippen LogP contribution in [0.5, 0.6) is 0 Å². The fourth-order valence-corrected chi connectivity index (χ4v) is 3.29. The molecule has 3 heterocycles. The van der Waals surface area contributed by atoms with Crippen LogP contribution in [0.1, 0.15) is 11.7 Å². The largest absolute Gasteiger partial charge is 0.398 e. The summed E-state index contributed by atoms with van der Waals surface area (Å²) in [5.41, 5.74) is -0.832. The molecule has 29 heavy (non-hydrogen) atoms. The summed E-state index contributed by atoms with van der Waals surface area (Å²) in [6.45, 7) is 1.14. The summed E-state index contributed by atoms with van der Waals surface area (Å²) in [4.78, 5) is 39.3. The second kappa shape index (κ2) is 7.90. The minimum absolute atomic E-state index is 0.00816. The Morgan fingerprint density at radius 1 is 1.31 bits per heavy atom. The Kier molecular flexibility index (Phi) is 5.31. The van der Waals surface area contributed by atoms with Crippen molar-refractivity contribution >= 4 is 22.8 Å². The number of halogens is 2. The molecule has 0 spiro atoms. The quantitative estimate of drug-likeness (QED) is 0.655. The lowest BCUT2D eigenvalue weighted by Gasteiger charge is -2.26. The van der Waals surface area contributed by atoms with Crippen molar-refractivity contribution in [1.29, 1.82) is 0 Å². The van der Waals surface area contributed by atoms with Gasteiger partial charge in [0.25, 0.3) is 0 Å². The van der Waals surface area contributed by atoms with Crippen LogP contribution in [0.3, 0.4) is 0 Å². The molecule has 2 aromatic heterocycles. The van der Waals surface area contributed by atoms with Gasteiger partial charge in [0.2, 0.25) is 0 Å². The molecule has 0 saturated carbocycles. The monoisotopic (exact) mass is 421 g/mol. The first kappa shape index (κ1) is 19.5. The number of hydrogen-bond acceptors (Lipinski definition) is 7. The Hall–Kier alpha value is -2.82. The molecule has 0 bridgehead atoms. The lowest BCUT2D eigenvalue weighted by molar-refractivity contribution is -0.0712. The average Bonchev–Trinajstić information content (AvgIpc) is 2.97. The highest BCUT2D eigenvalue weighted by Gasteiger charge is 2.30. The third kappa shape index (κ3) is 3.61. The summed E-state index contributed by atoms with van der Waals surface area (Å²) >= 11 is 5.77. The number of fused-ring (bicyclic) bond motifs is 1. The van der Waals surface area contributed by atoms with Gasteiger partial charge in [-0.25, -0.2) is 19.2 Å². The van der Waals surface area contributed by atoms with Gasteiger partial charge < -0.3 is 14.9 Å². The minimum atomic E-state index is -0.794. The molecular weight excluding hydrogens is 405 g/mol. The van der Waals surface area contributed by atoms with Crippen molar-refractivity contribution in [3.8, 4) is 0 Å². The Morgan fingerprint density at radius 2 is 2.10 bits per heavy atom. The Bertz CT molecular complexity index is 1180. The van der Waals surface area contributed by atoms with Crippen LogP contribution in [0.25, 0.3) is 11.2 Å². The fourth-order valence-electron chi connectivity index (χ4n) is 3.17. The van der Waals surface area contributed by atoms with E-state index in [-0.39, 0.29) is 22.7 Å². The van der Waals surface area contributed by atoms with Crippen LogP contribution in [0.2, 0.25) is 5.02 Å². The Morgan fingerprint density at radius 3 is 2.90 bits per heavy atom. The van der Waals surface area contributed by atoms with Gasteiger partial charge in [-0.2, -0.15) is 0 Å². The van der Waals surface area contributed by atoms with E-state index in [1.165, 1.54) is 36.1 Å². The van der Waals surface area contributed by atoms with Gasteiger partial charge in [0.05, 0.1) is 11.6 Å². The van der Waals surface area contributed by atoms with Crippen molar-refractivity contribution in [3.63, 3.8) is 0 Å². The standard InChI is InChI=1S/C18H17ClFN5O4/c1-24-16-14(22-4-5-23-16)17(26)25(18(24)27)29-13-9-21-6-7-28-15(13)10-2-3-11(19)12(20)8-10/h2-5,8,13,15,21H,6-7,9H2,1H3. The molecule has 1 aliphatic heterocycles. The second-order valence-corrected chi connectivity index (χ2v) is 6.89. The zero-order valence-electron chi connectivity index (χ0n) is 15.3. The molecule has 2 atom stereocenters. The van der Waals surface area contributed by atoms with Gasteiger partial charge in [0.15, 0.2) is 17.3 Å². The van der Waals surface area contributed by atoms with Crippen LogP contribution in [-0.2, 0) is 11.8 Å². The van der Waals surface area contributed by atoms with E-state index in [2.05, 4.69) is 15.3 Å². The summed E-state index contributed by atoms with van der Waals surface area (Å²) in [5, 5.41) is 3.09. The van der Waals surface area contributed by atoms with Crippen LogP contribution in [-0.4, -0.2) is 45.1 Å². The van der Waals surface area contributed by atoms with Crippen LogP contribution >= 0.6 is 11.6 Å². The van der Waals surface area contributed by atoms with Crippen LogP contribution in [0.15, 0.2) is 40.2 Å². The molecule has 1 saturated heterocycles. The van der Waals surface area contributed by atoms with Crippen molar-refractivity contribution in [2.75, 3.05) is 19.7 Å². The van der Waals surface area contributed by atoms with Gasteiger partial charge in [-0.3, -0.25) is 9.36 Å². The van der Waals surface area contributed by atoms with Gasteiger partial charge in [0.1, 0.15) is 11.9 Å². The number of nitrogens with one attached hydrogen (secondary N) is 1. The molecule has 0 amide bonds. The summed E-state index contributed by atoms with van der Waals surface area (Å²) in [6.07, 6.45) is 1.22. The van der Waals surface area contributed by atoms with Crippen molar-refractivity contribution in [2.45, 2.75) is 12.2 Å². The van der Waals surface area contributed by atoms with Gasteiger partial charge in [-0.15, -0.1) is 0 Å². The van der Waals surface area contributed by atoms with E-state index in [9.17, 15) is 14.0 Å². The summed E-state index contributed by atoms with van der Waals surface area (Å²) < 4.78 is 21.6. The Labute approximate surface area is 168 Å². The molecular formula is C18H17ClFN5O4.